The third kappa shape index (κ3) is 2.96. The Balaban J connectivity index is 1.44. The molecule has 1 aromatic heterocycles. The summed E-state index contributed by atoms with van der Waals surface area (Å²) < 4.78 is 23.4. The molecule has 3 aliphatic rings. The lowest BCUT2D eigenvalue weighted by atomic mass is 9.95. The van der Waals surface area contributed by atoms with Gasteiger partial charge in [0.15, 0.2) is 23.0 Å². The van der Waals surface area contributed by atoms with E-state index in [-0.39, 0.29) is 19.1 Å². The van der Waals surface area contributed by atoms with Gasteiger partial charge in [-0.15, -0.1) is 0 Å². The standard InChI is InChI=1S/C24H21N3O4/c1-2-28-21-5-3-4-17-19-13-18(16-6-7-20-22(12-16)30-14-29-20)26-27(19)24(31-23(17)21)15-8-10-25-11-9-15/h3-12,19,24H,2,13-14H2,1H3/t19-,24+/m1/s1. The quantitative estimate of drug-likeness (QED) is 0.627. The van der Waals surface area contributed by atoms with Crippen LogP contribution in [0.25, 0.3) is 0 Å². The van der Waals surface area contributed by atoms with E-state index in [1.807, 2.05) is 54.4 Å². The molecule has 0 radical (unpaired) electrons. The maximum atomic E-state index is 6.50. The number of rotatable bonds is 4. The number of fused-ring (bicyclic) bond motifs is 4. The number of hydrogen-bond donors (Lipinski definition) is 0. The first kappa shape index (κ1) is 18.1. The summed E-state index contributed by atoms with van der Waals surface area (Å²) in [6.45, 7) is 2.81. The van der Waals surface area contributed by atoms with Crippen LogP contribution in [-0.2, 0) is 0 Å². The minimum Gasteiger partial charge on any atom is -0.490 e. The van der Waals surface area contributed by atoms with Crippen molar-refractivity contribution >= 4 is 5.71 Å². The first-order chi connectivity index (χ1) is 15.3. The normalized spacial score (nSPS) is 20.5. The van der Waals surface area contributed by atoms with E-state index in [1.54, 1.807) is 12.4 Å². The molecule has 0 saturated heterocycles. The van der Waals surface area contributed by atoms with Gasteiger partial charge in [0.1, 0.15) is 0 Å². The second-order valence-corrected chi connectivity index (χ2v) is 7.57. The summed E-state index contributed by atoms with van der Waals surface area (Å²) in [6, 6.07) is 16.0. The fourth-order valence-corrected chi connectivity index (χ4v) is 4.35. The maximum Gasteiger partial charge on any atom is 0.231 e. The largest absolute Gasteiger partial charge is 0.490 e. The first-order valence-corrected chi connectivity index (χ1v) is 10.4. The van der Waals surface area contributed by atoms with E-state index in [0.717, 1.165) is 51.8 Å². The van der Waals surface area contributed by atoms with Crippen LogP contribution in [0.1, 0.15) is 42.3 Å². The van der Waals surface area contributed by atoms with Gasteiger partial charge in [0.2, 0.25) is 13.0 Å². The number of ether oxygens (including phenoxy) is 4. The summed E-state index contributed by atoms with van der Waals surface area (Å²) >= 11 is 0. The fourth-order valence-electron chi connectivity index (χ4n) is 4.35. The Hall–Kier alpha value is -3.74. The fraction of sp³-hybridized carbons (Fsp3) is 0.250. The molecule has 3 aromatic rings. The molecule has 0 N–H and O–H groups in total. The highest BCUT2D eigenvalue weighted by atomic mass is 16.7. The lowest BCUT2D eigenvalue weighted by molar-refractivity contribution is -0.0212. The van der Waals surface area contributed by atoms with Crippen LogP contribution in [0.4, 0.5) is 0 Å². The van der Waals surface area contributed by atoms with Crippen LogP contribution >= 0.6 is 0 Å². The van der Waals surface area contributed by atoms with Crippen molar-refractivity contribution in [2.75, 3.05) is 13.4 Å². The Morgan fingerprint density at radius 2 is 1.94 bits per heavy atom. The molecule has 2 atom stereocenters. The first-order valence-electron chi connectivity index (χ1n) is 10.4. The van der Waals surface area contributed by atoms with Gasteiger partial charge in [0.25, 0.3) is 0 Å². The van der Waals surface area contributed by atoms with Gasteiger partial charge in [-0.2, -0.15) is 5.10 Å². The van der Waals surface area contributed by atoms with Gasteiger partial charge in [-0.3, -0.25) is 4.98 Å². The predicted octanol–water partition coefficient (Wildman–Crippen LogP) is 4.45. The van der Waals surface area contributed by atoms with Gasteiger partial charge in [0.05, 0.1) is 18.4 Å². The molecule has 2 aromatic carbocycles. The Kier molecular flexibility index (Phi) is 4.19. The van der Waals surface area contributed by atoms with Crippen LogP contribution in [0.5, 0.6) is 23.0 Å². The average molecular weight is 415 g/mol. The SMILES string of the molecule is CCOc1cccc2c1O[C@@H](c1ccncc1)N1N=C(c3ccc4c(c3)OCO4)C[C@H]21. The van der Waals surface area contributed by atoms with Crippen LogP contribution < -0.4 is 18.9 Å². The van der Waals surface area contributed by atoms with Gasteiger partial charge in [-0.1, -0.05) is 12.1 Å². The number of hydrogen-bond acceptors (Lipinski definition) is 7. The number of nitrogens with zero attached hydrogens (tertiary/aromatic N) is 3. The average Bonchev–Trinajstić information content (AvgIpc) is 3.46. The van der Waals surface area contributed by atoms with E-state index in [2.05, 4.69) is 11.1 Å². The highest BCUT2D eigenvalue weighted by Gasteiger charge is 2.42. The number of para-hydroxylation sites is 1. The molecule has 0 fully saturated rings. The van der Waals surface area contributed by atoms with Gasteiger partial charge in [-0.25, -0.2) is 5.01 Å². The van der Waals surface area contributed by atoms with Crippen LogP contribution in [-0.4, -0.2) is 29.1 Å². The van der Waals surface area contributed by atoms with Crippen molar-refractivity contribution in [1.82, 2.24) is 9.99 Å². The van der Waals surface area contributed by atoms with E-state index < -0.39 is 0 Å². The Morgan fingerprint density at radius 1 is 1.06 bits per heavy atom. The molecule has 3 aliphatic heterocycles. The van der Waals surface area contributed by atoms with Gasteiger partial charge >= 0.3 is 0 Å². The molecule has 0 spiro atoms. The molecular weight excluding hydrogens is 394 g/mol. The Bertz CT molecular complexity index is 1160. The highest BCUT2D eigenvalue weighted by Crippen LogP contribution is 2.51. The molecule has 7 heteroatoms. The summed E-state index contributed by atoms with van der Waals surface area (Å²) in [5.74, 6) is 3.07. The van der Waals surface area contributed by atoms with E-state index in [1.165, 1.54) is 0 Å². The summed E-state index contributed by atoms with van der Waals surface area (Å²) in [4.78, 5) is 4.15. The van der Waals surface area contributed by atoms with E-state index >= 15 is 0 Å². The summed E-state index contributed by atoms with van der Waals surface area (Å²) in [5, 5.41) is 7.05. The summed E-state index contributed by atoms with van der Waals surface area (Å²) in [7, 11) is 0. The molecule has 0 amide bonds. The maximum absolute atomic E-state index is 6.50. The summed E-state index contributed by atoms with van der Waals surface area (Å²) in [5.41, 5.74) is 4.08. The minimum absolute atomic E-state index is 0.0442. The number of hydrazone groups is 1. The second-order valence-electron chi connectivity index (χ2n) is 7.57. The van der Waals surface area contributed by atoms with Crippen LogP contribution in [0, 0.1) is 0 Å². The van der Waals surface area contributed by atoms with Gasteiger partial charge in [-0.05, 0) is 43.3 Å². The van der Waals surface area contributed by atoms with Crippen molar-refractivity contribution in [1.29, 1.82) is 0 Å². The zero-order valence-corrected chi connectivity index (χ0v) is 17.0. The number of pyridine rings is 1. The zero-order valence-electron chi connectivity index (χ0n) is 17.0. The molecule has 156 valence electrons. The van der Waals surface area contributed by atoms with Gasteiger partial charge in [0, 0.05) is 35.5 Å². The Morgan fingerprint density at radius 3 is 2.81 bits per heavy atom. The lowest BCUT2D eigenvalue weighted by Gasteiger charge is -2.38. The van der Waals surface area contributed by atoms with E-state index in [4.69, 9.17) is 24.0 Å². The van der Waals surface area contributed by atoms with Crippen molar-refractivity contribution in [3.05, 3.63) is 77.6 Å². The topological polar surface area (TPSA) is 65.4 Å². The van der Waals surface area contributed by atoms with Crippen molar-refractivity contribution < 1.29 is 18.9 Å². The van der Waals surface area contributed by atoms with Crippen molar-refractivity contribution in [3.63, 3.8) is 0 Å². The molecule has 0 unspecified atom stereocenters. The molecule has 0 bridgehead atoms. The third-order valence-corrected chi connectivity index (χ3v) is 5.78. The van der Waals surface area contributed by atoms with E-state index in [0.29, 0.717) is 6.61 Å². The second kappa shape index (κ2) is 7.19. The van der Waals surface area contributed by atoms with Crippen molar-refractivity contribution in [2.45, 2.75) is 25.6 Å². The minimum atomic E-state index is -0.367. The molecule has 4 heterocycles. The molecule has 0 aliphatic carbocycles. The Labute approximate surface area is 179 Å². The summed E-state index contributed by atoms with van der Waals surface area (Å²) in [6.07, 6.45) is 3.94. The van der Waals surface area contributed by atoms with Crippen LogP contribution in [0.2, 0.25) is 0 Å². The molecule has 31 heavy (non-hydrogen) atoms. The highest BCUT2D eigenvalue weighted by molar-refractivity contribution is 6.02. The van der Waals surface area contributed by atoms with Crippen molar-refractivity contribution in [2.24, 2.45) is 5.10 Å². The number of benzene rings is 2. The van der Waals surface area contributed by atoms with Crippen LogP contribution in [0.15, 0.2) is 66.0 Å². The van der Waals surface area contributed by atoms with Gasteiger partial charge < -0.3 is 18.9 Å². The zero-order chi connectivity index (χ0) is 20.8. The monoisotopic (exact) mass is 415 g/mol. The molecule has 0 saturated carbocycles. The molecule has 7 nitrogen and oxygen atoms in total. The molecular formula is C24H21N3O4. The molecule has 6 rings (SSSR count). The smallest absolute Gasteiger partial charge is 0.231 e. The van der Waals surface area contributed by atoms with E-state index in [9.17, 15) is 0 Å². The predicted molar refractivity (Wildman–Crippen MR) is 114 cm³/mol. The van der Waals surface area contributed by atoms with Crippen LogP contribution in [0.3, 0.4) is 0 Å². The lowest BCUT2D eigenvalue weighted by Crippen LogP contribution is -2.33. The van der Waals surface area contributed by atoms with Crippen molar-refractivity contribution in [3.8, 4) is 23.0 Å². The number of aromatic nitrogens is 1. The third-order valence-electron chi connectivity index (χ3n) is 5.78.